The van der Waals surface area contributed by atoms with Crippen LogP contribution < -0.4 is 0 Å². The highest BCUT2D eigenvalue weighted by atomic mass is 19.1. The predicted octanol–water partition coefficient (Wildman–Crippen LogP) is 3.02. The van der Waals surface area contributed by atoms with Crippen molar-refractivity contribution >= 4 is 11.6 Å². The molecule has 1 aromatic carbocycles. The van der Waals surface area contributed by atoms with Crippen LogP contribution in [0.3, 0.4) is 0 Å². The minimum atomic E-state index is -0.480. The molecule has 0 bridgehead atoms. The highest BCUT2D eigenvalue weighted by Gasteiger charge is 2.43. The van der Waals surface area contributed by atoms with Crippen molar-refractivity contribution in [2.24, 2.45) is 5.16 Å². The van der Waals surface area contributed by atoms with Crippen molar-refractivity contribution in [3.05, 3.63) is 65.7 Å². The number of aromatic nitrogens is 1. The minimum absolute atomic E-state index is 0.123. The molecule has 0 atom stereocenters. The van der Waals surface area contributed by atoms with Gasteiger partial charge in [-0.1, -0.05) is 17.3 Å². The van der Waals surface area contributed by atoms with Crippen molar-refractivity contribution in [2.75, 3.05) is 13.1 Å². The Hall–Kier alpha value is -2.76. The maximum absolute atomic E-state index is 13.8. The van der Waals surface area contributed by atoms with Gasteiger partial charge in [0.2, 0.25) is 0 Å². The van der Waals surface area contributed by atoms with Gasteiger partial charge in [-0.25, -0.2) is 4.39 Å². The van der Waals surface area contributed by atoms with Crippen LogP contribution in [0.2, 0.25) is 0 Å². The molecule has 1 saturated heterocycles. The van der Waals surface area contributed by atoms with E-state index in [2.05, 4.69) is 10.1 Å². The van der Waals surface area contributed by atoms with E-state index in [1.165, 1.54) is 12.1 Å². The van der Waals surface area contributed by atoms with E-state index < -0.39 is 5.82 Å². The van der Waals surface area contributed by atoms with Crippen molar-refractivity contribution in [3.8, 4) is 0 Å². The summed E-state index contributed by atoms with van der Waals surface area (Å²) in [6, 6.07) is 9.94. The molecule has 0 radical (unpaired) electrons. The second-order valence-corrected chi connectivity index (χ2v) is 6.50. The molecule has 2 aliphatic heterocycles. The zero-order chi connectivity index (χ0) is 17.3. The molecule has 25 heavy (non-hydrogen) atoms. The minimum Gasteiger partial charge on any atom is -0.388 e. The lowest BCUT2D eigenvalue weighted by Gasteiger charge is -2.37. The van der Waals surface area contributed by atoms with Gasteiger partial charge in [-0.15, -0.1) is 0 Å². The first kappa shape index (κ1) is 15.7. The highest BCUT2D eigenvalue weighted by Crippen LogP contribution is 2.36. The van der Waals surface area contributed by atoms with Gasteiger partial charge in [-0.2, -0.15) is 0 Å². The fourth-order valence-corrected chi connectivity index (χ4v) is 3.40. The van der Waals surface area contributed by atoms with Gasteiger partial charge in [0.25, 0.3) is 5.91 Å². The lowest BCUT2D eigenvalue weighted by atomic mass is 9.85. The van der Waals surface area contributed by atoms with Crippen molar-refractivity contribution in [2.45, 2.75) is 24.9 Å². The zero-order valence-corrected chi connectivity index (χ0v) is 13.7. The fraction of sp³-hybridized carbons (Fsp3) is 0.316. The third kappa shape index (κ3) is 2.99. The van der Waals surface area contributed by atoms with Crippen molar-refractivity contribution < 1.29 is 14.0 Å². The average Bonchev–Trinajstić information content (AvgIpc) is 3.07. The Morgan fingerprint density at radius 2 is 1.96 bits per heavy atom. The van der Waals surface area contributed by atoms with Crippen LogP contribution in [0.1, 0.15) is 35.2 Å². The van der Waals surface area contributed by atoms with E-state index in [4.69, 9.17) is 4.84 Å². The first-order chi connectivity index (χ1) is 12.2. The number of rotatable bonds is 2. The molecule has 1 amide bonds. The molecule has 2 aliphatic rings. The maximum atomic E-state index is 13.8. The molecule has 4 rings (SSSR count). The Bertz CT molecular complexity index is 814. The molecule has 0 unspecified atom stereocenters. The molecule has 128 valence electrons. The van der Waals surface area contributed by atoms with E-state index in [1.807, 2.05) is 12.1 Å². The summed E-state index contributed by atoms with van der Waals surface area (Å²) in [7, 11) is 0. The van der Waals surface area contributed by atoms with E-state index in [0.29, 0.717) is 32.4 Å². The van der Waals surface area contributed by atoms with Gasteiger partial charge in [0, 0.05) is 50.3 Å². The summed E-state index contributed by atoms with van der Waals surface area (Å²) in [5.74, 6) is -0.744. The number of benzene rings is 1. The molecule has 1 fully saturated rings. The number of nitrogens with zero attached hydrogens (tertiary/aromatic N) is 3. The Labute approximate surface area is 145 Å². The van der Waals surface area contributed by atoms with Gasteiger partial charge in [-0.05, 0) is 24.3 Å². The van der Waals surface area contributed by atoms with Crippen LogP contribution in [0.4, 0.5) is 4.39 Å². The van der Waals surface area contributed by atoms with Crippen LogP contribution in [0.25, 0.3) is 0 Å². The Morgan fingerprint density at radius 3 is 2.68 bits per heavy atom. The number of pyridine rings is 1. The van der Waals surface area contributed by atoms with Crippen LogP contribution >= 0.6 is 0 Å². The largest absolute Gasteiger partial charge is 0.388 e. The number of carbonyl (C=O) groups excluding carboxylic acids is 1. The Kier molecular flexibility index (Phi) is 3.95. The van der Waals surface area contributed by atoms with Crippen LogP contribution in [0, 0.1) is 5.82 Å². The monoisotopic (exact) mass is 339 g/mol. The lowest BCUT2D eigenvalue weighted by Crippen LogP contribution is -2.47. The summed E-state index contributed by atoms with van der Waals surface area (Å²) >= 11 is 0. The topological polar surface area (TPSA) is 54.8 Å². The molecular weight excluding hydrogens is 321 g/mol. The van der Waals surface area contributed by atoms with E-state index in [9.17, 15) is 9.18 Å². The molecule has 3 heterocycles. The van der Waals surface area contributed by atoms with E-state index in [0.717, 1.165) is 11.3 Å². The lowest BCUT2D eigenvalue weighted by molar-refractivity contribution is -0.0568. The number of carbonyl (C=O) groups is 1. The van der Waals surface area contributed by atoms with Crippen LogP contribution in [-0.4, -0.2) is 40.2 Å². The van der Waals surface area contributed by atoms with Crippen LogP contribution in [-0.2, 0) is 4.84 Å². The third-order valence-electron chi connectivity index (χ3n) is 4.90. The number of hydrogen-bond acceptors (Lipinski definition) is 4. The number of amides is 1. The third-order valence-corrected chi connectivity index (χ3v) is 4.90. The van der Waals surface area contributed by atoms with Gasteiger partial charge in [0.1, 0.15) is 11.4 Å². The number of piperidine rings is 1. The first-order valence-corrected chi connectivity index (χ1v) is 8.36. The second kappa shape index (κ2) is 6.27. The number of likely N-dealkylation sites (tertiary alicyclic amines) is 1. The SMILES string of the molecule is O=C(c1ccccc1F)N1CCC2(CC1)CC(c1cccnc1)=NO2. The maximum Gasteiger partial charge on any atom is 0.256 e. The van der Waals surface area contributed by atoms with Gasteiger partial charge in [0.05, 0.1) is 11.3 Å². The molecule has 2 aromatic rings. The van der Waals surface area contributed by atoms with Gasteiger partial charge in [-0.3, -0.25) is 9.78 Å². The Balaban J connectivity index is 1.41. The number of halogens is 1. The molecule has 0 N–H and O–H groups in total. The normalized spacial score (nSPS) is 18.8. The molecule has 5 nitrogen and oxygen atoms in total. The van der Waals surface area contributed by atoms with Crippen molar-refractivity contribution in [1.29, 1.82) is 0 Å². The first-order valence-electron chi connectivity index (χ1n) is 8.36. The summed E-state index contributed by atoms with van der Waals surface area (Å²) in [6.07, 6.45) is 5.57. The van der Waals surface area contributed by atoms with Gasteiger partial charge in [0.15, 0.2) is 0 Å². The average molecular weight is 339 g/mol. The summed E-state index contributed by atoms with van der Waals surface area (Å²) in [6.45, 7) is 1.06. The van der Waals surface area contributed by atoms with Gasteiger partial charge < -0.3 is 9.74 Å². The zero-order valence-electron chi connectivity index (χ0n) is 13.7. The molecular formula is C19H18FN3O2. The second-order valence-electron chi connectivity index (χ2n) is 6.50. The Morgan fingerprint density at radius 1 is 1.16 bits per heavy atom. The summed E-state index contributed by atoms with van der Waals surface area (Å²) in [5, 5.41) is 4.24. The number of oxime groups is 1. The van der Waals surface area contributed by atoms with E-state index >= 15 is 0 Å². The summed E-state index contributed by atoms with van der Waals surface area (Å²) in [5.41, 5.74) is 1.61. The van der Waals surface area contributed by atoms with E-state index in [-0.39, 0.29) is 17.1 Å². The van der Waals surface area contributed by atoms with E-state index in [1.54, 1.807) is 29.4 Å². The standard InChI is InChI=1S/C19H18FN3O2/c20-16-6-2-1-5-15(16)18(24)23-10-7-19(8-11-23)12-17(22-25-19)14-4-3-9-21-13-14/h1-6,9,13H,7-8,10-12H2. The molecule has 1 aromatic heterocycles. The van der Waals surface area contributed by atoms with Gasteiger partial charge >= 0.3 is 0 Å². The summed E-state index contributed by atoms with van der Waals surface area (Å²) in [4.78, 5) is 24.1. The van der Waals surface area contributed by atoms with Crippen molar-refractivity contribution in [3.63, 3.8) is 0 Å². The highest BCUT2D eigenvalue weighted by molar-refractivity contribution is 6.01. The fourth-order valence-electron chi connectivity index (χ4n) is 3.40. The molecule has 6 heteroatoms. The molecule has 1 spiro atoms. The molecule has 0 aliphatic carbocycles. The van der Waals surface area contributed by atoms with Crippen LogP contribution in [0.15, 0.2) is 53.9 Å². The number of hydrogen-bond donors (Lipinski definition) is 0. The molecule has 0 saturated carbocycles. The van der Waals surface area contributed by atoms with Crippen LogP contribution in [0.5, 0.6) is 0 Å². The quantitative estimate of drug-likeness (QED) is 0.845. The predicted molar refractivity (Wildman–Crippen MR) is 90.7 cm³/mol. The smallest absolute Gasteiger partial charge is 0.256 e. The van der Waals surface area contributed by atoms with Crippen molar-refractivity contribution in [1.82, 2.24) is 9.88 Å². The summed E-state index contributed by atoms with van der Waals surface area (Å²) < 4.78 is 13.8.